The van der Waals surface area contributed by atoms with Gasteiger partial charge < -0.3 is 18.8 Å². The number of hydrogen-bond donors (Lipinski definition) is 0. The van der Waals surface area contributed by atoms with Gasteiger partial charge in [-0.05, 0) is 12.1 Å². The van der Waals surface area contributed by atoms with Crippen molar-refractivity contribution in [2.24, 2.45) is 0 Å². The van der Waals surface area contributed by atoms with E-state index in [4.69, 9.17) is 25.8 Å². The number of hydrogen-bond acceptors (Lipinski definition) is 6. The van der Waals surface area contributed by atoms with Crippen LogP contribution in [-0.4, -0.2) is 16.3 Å². The number of thiazole rings is 1. The summed E-state index contributed by atoms with van der Waals surface area (Å²) in [6.07, 6.45) is 3.17. The Kier molecular flexibility index (Phi) is 5.13. The third kappa shape index (κ3) is 3.84. The lowest BCUT2D eigenvalue weighted by atomic mass is 10.0. The minimum atomic E-state index is -0.527. The molecule has 0 radical (unpaired) electrons. The molecule has 6 nitrogen and oxygen atoms in total. The van der Waals surface area contributed by atoms with Crippen LogP contribution in [0.1, 0.15) is 17.3 Å². The smallest absolute Gasteiger partial charge is 0.255 e. The number of rotatable bonds is 6. The molecular formula is C19H15ClN2O4S. The van der Waals surface area contributed by atoms with Crippen molar-refractivity contribution in [1.29, 1.82) is 0 Å². The van der Waals surface area contributed by atoms with Crippen molar-refractivity contribution < 1.29 is 14.2 Å². The minimum Gasteiger partial charge on any atom is -0.487 e. The van der Waals surface area contributed by atoms with E-state index in [-0.39, 0.29) is 12.4 Å². The van der Waals surface area contributed by atoms with Crippen LogP contribution in [0.25, 0.3) is 0 Å². The molecule has 0 spiro atoms. The molecule has 27 heavy (non-hydrogen) atoms. The molecule has 0 N–H and O–H groups in total. The maximum Gasteiger partial charge on any atom is 0.255 e. The van der Waals surface area contributed by atoms with Crippen molar-refractivity contribution in [3.8, 4) is 5.75 Å². The quantitative estimate of drug-likeness (QED) is 0.624. The maximum atomic E-state index is 12.8. The first kappa shape index (κ1) is 17.6. The zero-order valence-electron chi connectivity index (χ0n) is 14.1. The van der Waals surface area contributed by atoms with Crippen LogP contribution in [0, 0.1) is 0 Å². The number of pyridine rings is 1. The average Bonchev–Trinajstić information content (AvgIpc) is 3.37. The Bertz CT molecular complexity index is 1020. The normalized spacial score (nSPS) is 14.2. The van der Waals surface area contributed by atoms with E-state index >= 15 is 0 Å². The fourth-order valence-electron chi connectivity index (χ4n) is 2.77. The predicted octanol–water partition coefficient (Wildman–Crippen LogP) is 3.97. The molecule has 0 amide bonds. The molecule has 1 aliphatic heterocycles. The zero-order valence-corrected chi connectivity index (χ0v) is 15.7. The molecule has 1 unspecified atom stereocenters. The van der Waals surface area contributed by atoms with Gasteiger partial charge in [0.05, 0.1) is 11.2 Å². The number of aromatic nitrogens is 2. The molecule has 3 heterocycles. The van der Waals surface area contributed by atoms with Gasteiger partial charge in [0, 0.05) is 28.2 Å². The van der Waals surface area contributed by atoms with Crippen LogP contribution in [-0.2, 0) is 16.1 Å². The number of allylic oxidation sites excluding steroid dienone is 1. The van der Waals surface area contributed by atoms with E-state index in [1.807, 2.05) is 23.6 Å². The Balaban J connectivity index is 1.66. The van der Waals surface area contributed by atoms with Crippen LogP contribution in [0.2, 0.25) is 5.02 Å². The molecule has 0 saturated heterocycles. The molecular weight excluding hydrogens is 388 g/mol. The molecule has 1 aliphatic rings. The molecule has 1 atom stereocenters. The minimum absolute atomic E-state index is 0.111. The van der Waals surface area contributed by atoms with Gasteiger partial charge in [0.25, 0.3) is 5.56 Å². The van der Waals surface area contributed by atoms with Gasteiger partial charge >= 0.3 is 0 Å². The largest absolute Gasteiger partial charge is 0.487 e. The van der Waals surface area contributed by atoms with Crippen LogP contribution < -0.4 is 10.3 Å². The fraction of sp³-hybridized carbons (Fsp3) is 0.158. The highest BCUT2D eigenvalue weighted by Gasteiger charge is 2.26. The van der Waals surface area contributed by atoms with Gasteiger partial charge in [-0.3, -0.25) is 4.79 Å². The maximum absolute atomic E-state index is 12.8. The van der Waals surface area contributed by atoms with Crippen molar-refractivity contribution in [2.75, 3.05) is 6.79 Å². The molecule has 4 rings (SSSR count). The summed E-state index contributed by atoms with van der Waals surface area (Å²) in [5, 5.41) is 2.44. The molecule has 3 aromatic rings. The van der Waals surface area contributed by atoms with E-state index in [9.17, 15) is 4.79 Å². The summed E-state index contributed by atoms with van der Waals surface area (Å²) >= 11 is 7.86. The highest BCUT2D eigenvalue weighted by Crippen LogP contribution is 2.33. The zero-order chi connectivity index (χ0) is 18.6. The SMILES string of the molecule is O=c1cc(OCc2cscn2)ccn1C(C1=COCO1)c1ccccc1Cl. The molecule has 0 bridgehead atoms. The van der Waals surface area contributed by atoms with Gasteiger partial charge in [-0.2, -0.15) is 0 Å². The molecule has 0 aliphatic carbocycles. The van der Waals surface area contributed by atoms with Crippen molar-refractivity contribution in [2.45, 2.75) is 12.6 Å². The van der Waals surface area contributed by atoms with Gasteiger partial charge in [0.15, 0.2) is 5.76 Å². The van der Waals surface area contributed by atoms with Crippen molar-refractivity contribution in [3.63, 3.8) is 0 Å². The first-order valence-corrected chi connectivity index (χ1v) is 9.45. The molecule has 1 aromatic carbocycles. The number of halogens is 1. The number of nitrogens with zero attached hydrogens (tertiary/aromatic N) is 2. The Morgan fingerprint density at radius 2 is 2.22 bits per heavy atom. The van der Waals surface area contributed by atoms with Gasteiger partial charge in [-0.15, -0.1) is 11.3 Å². The Hall–Kier alpha value is -2.77. The highest BCUT2D eigenvalue weighted by molar-refractivity contribution is 7.07. The molecule has 0 fully saturated rings. The molecule has 138 valence electrons. The summed E-state index contributed by atoms with van der Waals surface area (Å²) in [6, 6.07) is 9.97. The van der Waals surface area contributed by atoms with Crippen molar-refractivity contribution in [1.82, 2.24) is 9.55 Å². The second-order valence-electron chi connectivity index (χ2n) is 5.75. The predicted molar refractivity (Wildman–Crippen MR) is 102 cm³/mol. The van der Waals surface area contributed by atoms with E-state index in [2.05, 4.69) is 4.98 Å². The molecule has 8 heteroatoms. The third-order valence-electron chi connectivity index (χ3n) is 4.03. The summed E-state index contributed by atoms with van der Waals surface area (Å²) in [6.45, 7) is 0.420. The van der Waals surface area contributed by atoms with Crippen LogP contribution in [0.15, 0.2) is 70.3 Å². The monoisotopic (exact) mass is 402 g/mol. The van der Waals surface area contributed by atoms with Crippen LogP contribution in [0.3, 0.4) is 0 Å². The summed E-state index contributed by atoms with van der Waals surface area (Å²) < 4.78 is 17.9. The van der Waals surface area contributed by atoms with Crippen LogP contribution >= 0.6 is 22.9 Å². The number of ether oxygens (including phenoxy) is 3. The summed E-state index contributed by atoms with van der Waals surface area (Å²) in [5.74, 6) is 0.987. The second kappa shape index (κ2) is 7.85. The van der Waals surface area contributed by atoms with Gasteiger partial charge in [-0.1, -0.05) is 29.8 Å². The second-order valence-corrected chi connectivity index (χ2v) is 6.88. The van der Waals surface area contributed by atoms with Crippen LogP contribution in [0.5, 0.6) is 5.75 Å². The van der Waals surface area contributed by atoms with Crippen molar-refractivity contribution >= 4 is 22.9 Å². The van der Waals surface area contributed by atoms with E-state index in [1.165, 1.54) is 28.2 Å². The van der Waals surface area contributed by atoms with E-state index < -0.39 is 6.04 Å². The Labute approximate surface area is 164 Å². The summed E-state index contributed by atoms with van der Waals surface area (Å²) in [7, 11) is 0. The standard InChI is InChI=1S/C19H15ClN2O4S/c20-16-4-2-1-3-15(16)19(17-9-24-12-26-17)22-6-5-14(7-18(22)23)25-8-13-10-27-11-21-13/h1-7,9-11,19H,8,12H2. The van der Waals surface area contributed by atoms with Crippen LogP contribution in [0.4, 0.5) is 0 Å². The lowest BCUT2D eigenvalue weighted by Gasteiger charge is -2.21. The fourth-order valence-corrected chi connectivity index (χ4v) is 3.56. The topological polar surface area (TPSA) is 62.6 Å². The molecule has 0 saturated carbocycles. The molecule has 2 aromatic heterocycles. The van der Waals surface area contributed by atoms with Gasteiger partial charge in [-0.25, -0.2) is 4.98 Å². The first-order chi connectivity index (χ1) is 13.2. The van der Waals surface area contributed by atoms with E-state index in [1.54, 1.807) is 23.8 Å². The van der Waals surface area contributed by atoms with Gasteiger partial charge in [0.2, 0.25) is 6.79 Å². The number of benzene rings is 1. The van der Waals surface area contributed by atoms with E-state index in [0.717, 1.165) is 11.3 Å². The lowest BCUT2D eigenvalue weighted by molar-refractivity contribution is 0.0735. The summed E-state index contributed by atoms with van der Waals surface area (Å²) in [5.41, 5.74) is 3.06. The first-order valence-electron chi connectivity index (χ1n) is 8.13. The highest BCUT2D eigenvalue weighted by atomic mass is 35.5. The average molecular weight is 403 g/mol. The summed E-state index contributed by atoms with van der Waals surface area (Å²) in [4.78, 5) is 16.9. The van der Waals surface area contributed by atoms with Crippen molar-refractivity contribution in [3.05, 3.63) is 92.1 Å². The van der Waals surface area contributed by atoms with E-state index in [0.29, 0.717) is 23.1 Å². The Morgan fingerprint density at radius 3 is 2.93 bits per heavy atom. The Morgan fingerprint density at radius 1 is 1.33 bits per heavy atom. The third-order valence-corrected chi connectivity index (χ3v) is 5.01. The van der Waals surface area contributed by atoms with Gasteiger partial charge in [0.1, 0.15) is 24.7 Å². The lowest BCUT2D eigenvalue weighted by Crippen LogP contribution is -2.26.